The van der Waals surface area contributed by atoms with Crippen LogP contribution < -0.4 is 10.5 Å². The summed E-state index contributed by atoms with van der Waals surface area (Å²) in [6, 6.07) is 7.29. The molecule has 88 valence electrons. The zero-order chi connectivity index (χ0) is 11.8. The first-order chi connectivity index (χ1) is 7.77. The number of hydrogen-bond donors (Lipinski definition) is 1. The lowest BCUT2D eigenvalue weighted by molar-refractivity contribution is 0.0979. The molecule has 0 aromatic heterocycles. The van der Waals surface area contributed by atoms with E-state index >= 15 is 0 Å². The van der Waals surface area contributed by atoms with Crippen molar-refractivity contribution in [2.75, 3.05) is 13.7 Å². The van der Waals surface area contributed by atoms with Crippen LogP contribution in [0.1, 0.15) is 36.0 Å². The maximum Gasteiger partial charge on any atom is 0.163 e. The van der Waals surface area contributed by atoms with E-state index < -0.39 is 0 Å². The van der Waals surface area contributed by atoms with Gasteiger partial charge in [0.15, 0.2) is 5.78 Å². The molecule has 3 nitrogen and oxygen atoms in total. The fourth-order valence-electron chi connectivity index (χ4n) is 1.55. The Balaban J connectivity index is 2.46. The number of Topliss-reactive ketones (excluding diaryl/α,β-unsaturated/α-hetero) is 1. The van der Waals surface area contributed by atoms with Crippen LogP contribution in [0.3, 0.4) is 0 Å². The molecule has 0 heterocycles. The number of carbonyl (C=O) groups is 1. The molecule has 0 aliphatic rings. The third-order valence-electron chi connectivity index (χ3n) is 2.50. The van der Waals surface area contributed by atoms with Crippen molar-refractivity contribution in [2.45, 2.75) is 25.7 Å². The number of carbonyl (C=O) groups excluding carboxylic acids is 1. The Labute approximate surface area is 96.6 Å². The summed E-state index contributed by atoms with van der Waals surface area (Å²) in [5.41, 5.74) is 6.12. The summed E-state index contributed by atoms with van der Waals surface area (Å²) >= 11 is 0. The number of rotatable bonds is 7. The average molecular weight is 221 g/mol. The normalized spacial score (nSPS) is 10.1. The zero-order valence-electron chi connectivity index (χ0n) is 9.74. The quantitative estimate of drug-likeness (QED) is 0.568. The number of unbranched alkanes of at least 4 members (excludes halogenated alkanes) is 2. The van der Waals surface area contributed by atoms with Crippen molar-refractivity contribution in [1.29, 1.82) is 0 Å². The molecule has 0 bridgehead atoms. The van der Waals surface area contributed by atoms with Crippen LogP contribution >= 0.6 is 0 Å². The van der Waals surface area contributed by atoms with Gasteiger partial charge >= 0.3 is 0 Å². The SMILES string of the molecule is COc1cccc(C(=O)CCCCCN)c1. The smallest absolute Gasteiger partial charge is 0.163 e. The van der Waals surface area contributed by atoms with E-state index in [1.165, 1.54) is 0 Å². The molecular formula is C13H19NO2. The van der Waals surface area contributed by atoms with Crippen molar-refractivity contribution in [3.05, 3.63) is 29.8 Å². The van der Waals surface area contributed by atoms with E-state index in [1.807, 2.05) is 18.2 Å². The van der Waals surface area contributed by atoms with Gasteiger partial charge in [0.25, 0.3) is 0 Å². The second-order valence-corrected chi connectivity index (χ2v) is 3.75. The van der Waals surface area contributed by atoms with E-state index in [2.05, 4.69) is 0 Å². The lowest BCUT2D eigenvalue weighted by Crippen LogP contribution is -2.01. The molecule has 0 spiro atoms. The fourth-order valence-corrected chi connectivity index (χ4v) is 1.55. The van der Waals surface area contributed by atoms with Crippen LogP contribution in [0.5, 0.6) is 5.75 Å². The van der Waals surface area contributed by atoms with Crippen LogP contribution in [-0.4, -0.2) is 19.4 Å². The van der Waals surface area contributed by atoms with Crippen molar-refractivity contribution < 1.29 is 9.53 Å². The molecule has 0 atom stereocenters. The van der Waals surface area contributed by atoms with Crippen molar-refractivity contribution in [3.63, 3.8) is 0 Å². The predicted octanol–water partition coefficient (Wildman–Crippen LogP) is 2.40. The van der Waals surface area contributed by atoms with Crippen LogP contribution in [-0.2, 0) is 0 Å². The topological polar surface area (TPSA) is 52.3 Å². The van der Waals surface area contributed by atoms with Crippen molar-refractivity contribution >= 4 is 5.78 Å². The molecule has 0 amide bonds. The highest BCUT2D eigenvalue weighted by atomic mass is 16.5. The first-order valence-corrected chi connectivity index (χ1v) is 5.65. The molecule has 0 saturated heterocycles. The Morgan fingerprint density at radius 2 is 2.12 bits per heavy atom. The minimum Gasteiger partial charge on any atom is -0.497 e. The minimum absolute atomic E-state index is 0.177. The zero-order valence-corrected chi connectivity index (χ0v) is 9.74. The Morgan fingerprint density at radius 3 is 2.81 bits per heavy atom. The Morgan fingerprint density at radius 1 is 1.31 bits per heavy atom. The van der Waals surface area contributed by atoms with E-state index in [0.717, 1.165) is 30.6 Å². The molecule has 0 unspecified atom stereocenters. The molecule has 16 heavy (non-hydrogen) atoms. The van der Waals surface area contributed by atoms with Crippen LogP contribution in [0.2, 0.25) is 0 Å². The summed E-state index contributed by atoms with van der Waals surface area (Å²) in [6.45, 7) is 0.702. The van der Waals surface area contributed by atoms with E-state index in [-0.39, 0.29) is 5.78 Å². The van der Waals surface area contributed by atoms with Crippen LogP contribution in [0.25, 0.3) is 0 Å². The highest BCUT2D eigenvalue weighted by molar-refractivity contribution is 5.96. The molecule has 0 aliphatic carbocycles. The first-order valence-electron chi connectivity index (χ1n) is 5.65. The number of hydrogen-bond acceptors (Lipinski definition) is 3. The summed E-state index contributed by atoms with van der Waals surface area (Å²) in [5.74, 6) is 0.906. The Hall–Kier alpha value is -1.35. The van der Waals surface area contributed by atoms with Gasteiger partial charge in [-0.15, -0.1) is 0 Å². The monoisotopic (exact) mass is 221 g/mol. The number of nitrogens with two attached hydrogens (primary N) is 1. The Bertz CT molecular complexity index is 336. The van der Waals surface area contributed by atoms with Crippen molar-refractivity contribution in [2.24, 2.45) is 5.73 Å². The highest BCUT2D eigenvalue weighted by Gasteiger charge is 2.06. The second kappa shape index (κ2) is 7.01. The molecule has 2 N–H and O–H groups in total. The second-order valence-electron chi connectivity index (χ2n) is 3.75. The summed E-state index contributed by atoms with van der Waals surface area (Å²) in [6.07, 6.45) is 3.51. The lowest BCUT2D eigenvalue weighted by atomic mass is 10.0. The van der Waals surface area contributed by atoms with Crippen LogP contribution in [0.4, 0.5) is 0 Å². The van der Waals surface area contributed by atoms with Gasteiger partial charge < -0.3 is 10.5 Å². The van der Waals surface area contributed by atoms with Gasteiger partial charge in [-0.3, -0.25) is 4.79 Å². The first kappa shape index (κ1) is 12.7. The standard InChI is InChI=1S/C13H19NO2/c1-16-12-7-5-6-11(10-12)13(15)8-3-2-4-9-14/h5-7,10H,2-4,8-9,14H2,1H3. The molecule has 1 aromatic carbocycles. The van der Waals surface area contributed by atoms with E-state index in [9.17, 15) is 4.79 Å². The van der Waals surface area contributed by atoms with E-state index in [0.29, 0.717) is 13.0 Å². The minimum atomic E-state index is 0.177. The molecule has 0 fully saturated rings. The Kier molecular flexibility index (Phi) is 5.57. The third kappa shape index (κ3) is 4.03. The van der Waals surface area contributed by atoms with Crippen LogP contribution in [0.15, 0.2) is 24.3 Å². The number of ether oxygens (including phenoxy) is 1. The van der Waals surface area contributed by atoms with Gasteiger partial charge in [0.2, 0.25) is 0 Å². The van der Waals surface area contributed by atoms with Gasteiger partial charge in [-0.25, -0.2) is 0 Å². The van der Waals surface area contributed by atoms with Gasteiger partial charge in [-0.2, -0.15) is 0 Å². The maximum absolute atomic E-state index is 11.8. The van der Waals surface area contributed by atoms with Gasteiger partial charge in [0, 0.05) is 12.0 Å². The average Bonchev–Trinajstić information content (AvgIpc) is 2.34. The van der Waals surface area contributed by atoms with Gasteiger partial charge in [-0.1, -0.05) is 18.6 Å². The molecule has 1 rings (SSSR count). The molecule has 0 radical (unpaired) electrons. The van der Waals surface area contributed by atoms with E-state index in [1.54, 1.807) is 13.2 Å². The van der Waals surface area contributed by atoms with Crippen molar-refractivity contribution in [1.82, 2.24) is 0 Å². The summed E-state index contributed by atoms with van der Waals surface area (Å²) in [7, 11) is 1.60. The largest absolute Gasteiger partial charge is 0.497 e. The molecule has 0 aliphatic heterocycles. The van der Waals surface area contributed by atoms with Gasteiger partial charge in [-0.05, 0) is 31.5 Å². The number of methoxy groups -OCH3 is 1. The fraction of sp³-hybridized carbons (Fsp3) is 0.462. The highest BCUT2D eigenvalue weighted by Crippen LogP contribution is 2.15. The lowest BCUT2D eigenvalue weighted by Gasteiger charge is -2.03. The van der Waals surface area contributed by atoms with Gasteiger partial charge in [0.05, 0.1) is 7.11 Å². The van der Waals surface area contributed by atoms with E-state index in [4.69, 9.17) is 10.5 Å². The molecule has 3 heteroatoms. The maximum atomic E-state index is 11.8. The molecular weight excluding hydrogens is 202 g/mol. The summed E-state index contributed by atoms with van der Waals surface area (Å²) in [5, 5.41) is 0. The van der Waals surface area contributed by atoms with Gasteiger partial charge in [0.1, 0.15) is 5.75 Å². The summed E-state index contributed by atoms with van der Waals surface area (Å²) < 4.78 is 5.08. The third-order valence-corrected chi connectivity index (χ3v) is 2.50. The van der Waals surface area contributed by atoms with Crippen molar-refractivity contribution in [3.8, 4) is 5.75 Å². The molecule has 0 saturated carbocycles. The predicted molar refractivity (Wildman–Crippen MR) is 64.8 cm³/mol. The van der Waals surface area contributed by atoms with Crippen LogP contribution in [0, 0.1) is 0 Å². The number of ketones is 1. The molecule has 1 aromatic rings. The summed E-state index contributed by atoms with van der Waals surface area (Å²) in [4.78, 5) is 11.8. The number of benzene rings is 1.